The minimum atomic E-state index is -3.79. The summed E-state index contributed by atoms with van der Waals surface area (Å²) < 4.78 is 31.3. The highest BCUT2D eigenvalue weighted by atomic mass is 32.2. The molecule has 3 heterocycles. The Labute approximate surface area is 168 Å². The molecule has 1 aromatic carbocycles. The maximum atomic E-state index is 13.3. The van der Waals surface area contributed by atoms with Crippen molar-refractivity contribution in [2.24, 2.45) is 13.0 Å². The van der Waals surface area contributed by atoms with E-state index in [0.29, 0.717) is 42.2 Å². The van der Waals surface area contributed by atoms with Gasteiger partial charge >= 0.3 is 0 Å². The van der Waals surface area contributed by atoms with Gasteiger partial charge in [0.2, 0.25) is 5.16 Å². The largest absolute Gasteiger partial charge is 0.324 e. The number of rotatable bonds is 5. The SMILES string of the molecule is Cn1ccnc1S(=O)(=O)N1CCCC1c1nc2ccccc2c(=O)n1CC1CC1. The lowest BCUT2D eigenvalue weighted by Gasteiger charge is -2.25. The van der Waals surface area contributed by atoms with Crippen molar-refractivity contribution in [3.63, 3.8) is 0 Å². The van der Waals surface area contributed by atoms with Crippen molar-refractivity contribution in [2.75, 3.05) is 6.54 Å². The second kappa shape index (κ2) is 6.77. The molecule has 152 valence electrons. The first-order chi connectivity index (χ1) is 14.0. The number of para-hydroxylation sites is 1. The van der Waals surface area contributed by atoms with Gasteiger partial charge in [0.05, 0.1) is 16.9 Å². The van der Waals surface area contributed by atoms with E-state index in [1.807, 2.05) is 18.2 Å². The highest BCUT2D eigenvalue weighted by Gasteiger charge is 2.41. The van der Waals surface area contributed by atoms with E-state index < -0.39 is 16.1 Å². The van der Waals surface area contributed by atoms with Crippen molar-refractivity contribution in [3.05, 3.63) is 52.8 Å². The monoisotopic (exact) mass is 413 g/mol. The lowest BCUT2D eigenvalue weighted by molar-refractivity contribution is 0.361. The van der Waals surface area contributed by atoms with E-state index in [-0.39, 0.29) is 10.7 Å². The molecule has 2 aliphatic rings. The molecule has 0 radical (unpaired) electrons. The normalized spacial score (nSPS) is 20.5. The summed E-state index contributed by atoms with van der Waals surface area (Å²) in [6.45, 7) is 0.991. The van der Waals surface area contributed by atoms with Crippen molar-refractivity contribution in [2.45, 2.75) is 43.4 Å². The number of nitrogens with zero attached hydrogens (tertiary/aromatic N) is 5. The molecular weight excluding hydrogens is 390 g/mol. The van der Waals surface area contributed by atoms with Crippen LogP contribution in [0.3, 0.4) is 0 Å². The molecule has 2 aromatic heterocycles. The fraction of sp³-hybridized carbons (Fsp3) is 0.450. The molecule has 0 spiro atoms. The smallest absolute Gasteiger partial charge is 0.277 e. The van der Waals surface area contributed by atoms with Crippen molar-refractivity contribution in [1.29, 1.82) is 0 Å². The Morgan fingerprint density at radius 1 is 1.17 bits per heavy atom. The third kappa shape index (κ3) is 3.08. The first kappa shape index (κ1) is 18.5. The van der Waals surface area contributed by atoms with Gasteiger partial charge in [-0.2, -0.15) is 4.31 Å². The van der Waals surface area contributed by atoms with Crippen LogP contribution in [0.15, 0.2) is 46.6 Å². The molecule has 0 N–H and O–H groups in total. The summed E-state index contributed by atoms with van der Waals surface area (Å²) in [7, 11) is -2.12. The van der Waals surface area contributed by atoms with Gasteiger partial charge < -0.3 is 4.57 Å². The molecule has 0 amide bonds. The minimum absolute atomic E-state index is 0.0151. The Morgan fingerprint density at radius 2 is 1.97 bits per heavy atom. The highest BCUT2D eigenvalue weighted by molar-refractivity contribution is 7.89. The summed E-state index contributed by atoms with van der Waals surface area (Å²) in [5.74, 6) is 1.02. The predicted octanol–water partition coefficient (Wildman–Crippen LogP) is 2.07. The van der Waals surface area contributed by atoms with E-state index in [1.54, 1.807) is 23.9 Å². The average molecular weight is 414 g/mol. The summed E-state index contributed by atoms with van der Waals surface area (Å²) in [6, 6.07) is 6.82. The van der Waals surface area contributed by atoms with Gasteiger partial charge in [0.15, 0.2) is 0 Å². The van der Waals surface area contributed by atoms with Crippen LogP contribution in [-0.2, 0) is 23.6 Å². The number of imidazole rings is 1. The highest BCUT2D eigenvalue weighted by Crippen LogP contribution is 2.37. The Bertz CT molecular complexity index is 1240. The van der Waals surface area contributed by atoms with E-state index in [0.717, 1.165) is 19.3 Å². The van der Waals surface area contributed by atoms with Gasteiger partial charge in [0.1, 0.15) is 5.82 Å². The number of hydrogen-bond donors (Lipinski definition) is 0. The Balaban J connectivity index is 1.66. The number of fused-ring (bicyclic) bond motifs is 1. The third-order valence-electron chi connectivity index (χ3n) is 5.85. The second-order valence-electron chi connectivity index (χ2n) is 7.94. The quantitative estimate of drug-likeness (QED) is 0.639. The summed E-state index contributed by atoms with van der Waals surface area (Å²) in [5, 5.41) is 0.592. The molecule has 3 aromatic rings. The van der Waals surface area contributed by atoms with Gasteiger partial charge in [-0.05, 0) is 43.7 Å². The molecule has 1 saturated carbocycles. The lowest BCUT2D eigenvalue weighted by atomic mass is 10.1. The predicted molar refractivity (Wildman–Crippen MR) is 108 cm³/mol. The summed E-state index contributed by atoms with van der Waals surface area (Å²) in [6.07, 6.45) is 6.65. The summed E-state index contributed by atoms with van der Waals surface area (Å²) in [5.41, 5.74) is 0.527. The molecule has 1 atom stereocenters. The van der Waals surface area contributed by atoms with Crippen LogP contribution < -0.4 is 5.56 Å². The minimum Gasteiger partial charge on any atom is -0.324 e. The number of aromatic nitrogens is 4. The van der Waals surface area contributed by atoms with Crippen molar-refractivity contribution in [1.82, 2.24) is 23.4 Å². The van der Waals surface area contributed by atoms with Gasteiger partial charge in [-0.3, -0.25) is 9.36 Å². The Hall–Kier alpha value is -2.52. The summed E-state index contributed by atoms with van der Waals surface area (Å²) >= 11 is 0. The average Bonchev–Trinajstić information content (AvgIpc) is 3.19. The molecule has 0 bridgehead atoms. The first-order valence-electron chi connectivity index (χ1n) is 9.95. The van der Waals surface area contributed by atoms with E-state index in [1.165, 1.54) is 15.1 Å². The molecule has 8 nitrogen and oxygen atoms in total. The van der Waals surface area contributed by atoms with Crippen LogP contribution in [0, 0.1) is 5.92 Å². The van der Waals surface area contributed by atoms with Gasteiger partial charge in [0, 0.05) is 32.5 Å². The van der Waals surface area contributed by atoms with E-state index in [4.69, 9.17) is 4.98 Å². The zero-order valence-electron chi connectivity index (χ0n) is 16.2. The Morgan fingerprint density at radius 3 is 2.69 bits per heavy atom. The Kier molecular flexibility index (Phi) is 4.32. The van der Waals surface area contributed by atoms with Gasteiger partial charge in [0.25, 0.3) is 15.6 Å². The zero-order valence-corrected chi connectivity index (χ0v) is 17.0. The molecule has 1 saturated heterocycles. The lowest BCUT2D eigenvalue weighted by Crippen LogP contribution is -2.36. The molecular formula is C20H23N5O3S. The van der Waals surface area contributed by atoms with Crippen molar-refractivity contribution >= 4 is 20.9 Å². The molecule has 2 fully saturated rings. The van der Waals surface area contributed by atoms with Crippen LogP contribution in [0.5, 0.6) is 0 Å². The number of hydrogen-bond acceptors (Lipinski definition) is 5. The van der Waals surface area contributed by atoms with Gasteiger partial charge in [-0.15, -0.1) is 0 Å². The second-order valence-corrected chi connectivity index (χ2v) is 9.73. The van der Waals surface area contributed by atoms with E-state index >= 15 is 0 Å². The van der Waals surface area contributed by atoms with Crippen LogP contribution in [-0.4, -0.2) is 38.4 Å². The maximum Gasteiger partial charge on any atom is 0.277 e. The van der Waals surface area contributed by atoms with Crippen LogP contribution >= 0.6 is 0 Å². The number of aryl methyl sites for hydroxylation is 1. The van der Waals surface area contributed by atoms with Crippen LogP contribution in [0.1, 0.15) is 37.5 Å². The molecule has 1 aliphatic heterocycles. The van der Waals surface area contributed by atoms with Crippen LogP contribution in [0.2, 0.25) is 0 Å². The fourth-order valence-electron chi connectivity index (χ4n) is 4.17. The molecule has 5 rings (SSSR count). The maximum absolute atomic E-state index is 13.3. The van der Waals surface area contributed by atoms with Gasteiger partial charge in [-0.25, -0.2) is 18.4 Å². The fourth-order valence-corrected chi connectivity index (χ4v) is 5.90. The standard InChI is InChI=1S/C20H23N5O3S/c1-23-12-10-21-20(23)29(27,28)25-11-4-7-17(25)18-22-16-6-3-2-5-15(16)19(26)24(18)13-14-8-9-14/h2-3,5-6,10,12,14,17H,4,7-9,11,13H2,1H3. The van der Waals surface area contributed by atoms with E-state index in [9.17, 15) is 13.2 Å². The zero-order chi connectivity index (χ0) is 20.2. The number of benzene rings is 1. The first-order valence-corrected chi connectivity index (χ1v) is 11.4. The topological polar surface area (TPSA) is 90.1 Å². The summed E-state index contributed by atoms with van der Waals surface area (Å²) in [4.78, 5) is 22.1. The number of sulfonamides is 1. The van der Waals surface area contributed by atoms with Crippen molar-refractivity contribution in [3.8, 4) is 0 Å². The molecule has 1 unspecified atom stereocenters. The van der Waals surface area contributed by atoms with Gasteiger partial charge in [-0.1, -0.05) is 12.1 Å². The van der Waals surface area contributed by atoms with Crippen LogP contribution in [0.4, 0.5) is 0 Å². The molecule has 9 heteroatoms. The molecule has 29 heavy (non-hydrogen) atoms. The van der Waals surface area contributed by atoms with Crippen molar-refractivity contribution < 1.29 is 8.42 Å². The third-order valence-corrected chi connectivity index (χ3v) is 7.76. The van der Waals surface area contributed by atoms with Crippen LogP contribution in [0.25, 0.3) is 10.9 Å². The molecule has 1 aliphatic carbocycles. The van der Waals surface area contributed by atoms with E-state index in [2.05, 4.69) is 4.98 Å².